The average molecular weight is 407 g/mol. The zero-order valence-corrected chi connectivity index (χ0v) is 17.8. The van der Waals surface area contributed by atoms with Gasteiger partial charge in [-0.15, -0.1) is 0 Å². The Bertz CT molecular complexity index is 711. The van der Waals surface area contributed by atoms with Crippen LogP contribution in [0, 0.1) is 17.7 Å². The zero-order chi connectivity index (χ0) is 21.0. The third kappa shape index (κ3) is 6.00. The van der Waals surface area contributed by atoms with E-state index < -0.39 is 0 Å². The summed E-state index contributed by atoms with van der Waals surface area (Å²) in [5.41, 5.74) is 0.489. The van der Waals surface area contributed by atoms with Gasteiger partial charge in [-0.05, 0) is 43.4 Å². The molecule has 2 amide bonds. The Morgan fingerprint density at radius 1 is 1.17 bits per heavy atom. The highest BCUT2D eigenvalue weighted by atomic mass is 19.1. The molecule has 0 aromatic heterocycles. The summed E-state index contributed by atoms with van der Waals surface area (Å²) in [6.45, 7) is 12.1. The molecule has 1 aromatic rings. The van der Waals surface area contributed by atoms with Gasteiger partial charge in [-0.3, -0.25) is 9.59 Å². The lowest BCUT2D eigenvalue weighted by molar-refractivity contribution is -1.01. The van der Waals surface area contributed by atoms with Gasteiger partial charge in [0.2, 0.25) is 0 Å². The van der Waals surface area contributed by atoms with Crippen molar-refractivity contribution in [1.29, 1.82) is 0 Å². The number of amides is 2. The Balaban J connectivity index is 1.44. The fourth-order valence-electron chi connectivity index (χ4n) is 4.82. The van der Waals surface area contributed by atoms with E-state index in [1.54, 1.807) is 12.1 Å². The summed E-state index contributed by atoms with van der Waals surface area (Å²) in [6, 6.07) is 5.92. The first kappa shape index (κ1) is 21.7. The Morgan fingerprint density at radius 2 is 1.83 bits per heavy atom. The second-order valence-corrected chi connectivity index (χ2v) is 9.05. The van der Waals surface area contributed by atoms with Crippen LogP contribution in [0.1, 0.15) is 27.2 Å². The van der Waals surface area contributed by atoms with Crippen LogP contribution in [0.2, 0.25) is 0 Å². The van der Waals surface area contributed by atoms with E-state index in [1.165, 1.54) is 28.4 Å². The van der Waals surface area contributed by atoms with Crippen LogP contribution in [0.4, 0.5) is 10.1 Å². The van der Waals surface area contributed by atoms with Gasteiger partial charge in [-0.1, -0.05) is 19.9 Å². The minimum absolute atomic E-state index is 0.0322. The van der Waals surface area contributed by atoms with E-state index in [0.29, 0.717) is 24.1 Å². The normalized spacial score (nSPS) is 28.6. The number of hydrogen-bond donors (Lipinski definition) is 3. The number of carbonyl (C=O) groups is 2. The lowest BCUT2D eigenvalue weighted by atomic mass is 9.91. The van der Waals surface area contributed by atoms with Crippen LogP contribution < -0.4 is 15.1 Å². The fraction of sp³-hybridized carbons (Fsp3) is 0.636. The van der Waals surface area contributed by atoms with Crippen molar-refractivity contribution >= 4 is 17.5 Å². The lowest BCUT2D eigenvalue weighted by Gasteiger charge is -2.38. The number of nitrogens with one attached hydrogen (secondary N) is 3. The van der Waals surface area contributed by atoms with Crippen molar-refractivity contribution in [3.8, 4) is 0 Å². The minimum Gasteiger partial charge on any atom is -0.337 e. The molecule has 0 aliphatic carbocycles. The topological polar surface area (TPSA) is 58.3 Å². The molecule has 3 rings (SSSR count). The summed E-state index contributed by atoms with van der Waals surface area (Å²) in [4.78, 5) is 29.8. The summed E-state index contributed by atoms with van der Waals surface area (Å²) < 4.78 is 13.2. The van der Waals surface area contributed by atoms with Crippen LogP contribution in [0.3, 0.4) is 0 Å². The number of halogens is 1. The van der Waals surface area contributed by atoms with Crippen LogP contribution in [-0.4, -0.2) is 68.6 Å². The maximum absolute atomic E-state index is 13.2. The quantitative estimate of drug-likeness (QED) is 0.614. The van der Waals surface area contributed by atoms with Gasteiger partial charge in [0.15, 0.2) is 12.6 Å². The molecule has 29 heavy (non-hydrogen) atoms. The molecule has 0 bridgehead atoms. The maximum Gasteiger partial charge on any atom is 0.280 e. The smallest absolute Gasteiger partial charge is 0.280 e. The van der Waals surface area contributed by atoms with Crippen molar-refractivity contribution < 1.29 is 23.8 Å². The van der Waals surface area contributed by atoms with Gasteiger partial charge >= 0.3 is 0 Å². The van der Waals surface area contributed by atoms with E-state index in [1.807, 2.05) is 6.92 Å². The van der Waals surface area contributed by atoms with Gasteiger partial charge in [0.25, 0.3) is 11.8 Å². The number of benzene rings is 1. The predicted octanol–water partition coefficient (Wildman–Crippen LogP) is -0.559. The van der Waals surface area contributed by atoms with E-state index in [-0.39, 0.29) is 23.7 Å². The van der Waals surface area contributed by atoms with E-state index in [4.69, 9.17) is 0 Å². The molecule has 6 nitrogen and oxygen atoms in total. The monoisotopic (exact) mass is 406 g/mol. The van der Waals surface area contributed by atoms with Crippen molar-refractivity contribution in [2.24, 2.45) is 11.8 Å². The number of anilines is 1. The molecular formula is C22H35FN4O2+2. The highest BCUT2D eigenvalue weighted by Gasteiger charge is 2.36. The number of piperazine rings is 1. The van der Waals surface area contributed by atoms with E-state index in [2.05, 4.69) is 24.1 Å². The molecule has 0 spiro atoms. The Labute approximate surface area is 173 Å². The van der Waals surface area contributed by atoms with Crippen LogP contribution >= 0.6 is 0 Å². The fourth-order valence-corrected chi connectivity index (χ4v) is 4.82. The van der Waals surface area contributed by atoms with E-state index >= 15 is 0 Å². The number of carbonyl (C=O) groups excluding carboxylic acids is 2. The summed E-state index contributed by atoms with van der Waals surface area (Å²) >= 11 is 0. The largest absolute Gasteiger partial charge is 0.337 e. The number of hydrogen-bond acceptors (Lipinski definition) is 2. The molecule has 2 fully saturated rings. The van der Waals surface area contributed by atoms with Crippen LogP contribution in [0.15, 0.2) is 24.3 Å². The Morgan fingerprint density at radius 3 is 2.45 bits per heavy atom. The molecule has 160 valence electrons. The van der Waals surface area contributed by atoms with Crippen molar-refractivity contribution in [3.05, 3.63) is 30.1 Å². The Hall–Kier alpha value is -1.99. The first-order chi connectivity index (χ1) is 13.8. The van der Waals surface area contributed by atoms with Crippen molar-refractivity contribution in [2.75, 3.05) is 51.1 Å². The van der Waals surface area contributed by atoms with Gasteiger partial charge < -0.3 is 20.0 Å². The molecule has 1 aromatic carbocycles. The third-order valence-corrected chi connectivity index (χ3v) is 6.28. The molecule has 7 heteroatoms. The van der Waals surface area contributed by atoms with Gasteiger partial charge in [-0.2, -0.15) is 0 Å². The zero-order valence-electron chi connectivity index (χ0n) is 17.8. The van der Waals surface area contributed by atoms with Gasteiger partial charge in [0.1, 0.15) is 32.0 Å². The maximum atomic E-state index is 13.2. The number of nitrogens with zero attached hydrogens (tertiary/aromatic N) is 1. The molecule has 2 saturated heterocycles. The number of piperidine rings is 1. The first-order valence-corrected chi connectivity index (χ1v) is 10.8. The first-order valence-electron chi connectivity index (χ1n) is 10.8. The number of quaternary nitrogens is 2. The third-order valence-electron chi connectivity index (χ3n) is 6.28. The van der Waals surface area contributed by atoms with Gasteiger partial charge in [0.05, 0.1) is 0 Å². The molecule has 3 N–H and O–H groups in total. The molecule has 2 heterocycles. The van der Waals surface area contributed by atoms with Gasteiger partial charge in [0, 0.05) is 18.8 Å². The molecule has 2 aliphatic rings. The molecular weight excluding hydrogens is 371 g/mol. The molecule has 3 atom stereocenters. The van der Waals surface area contributed by atoms with E-state index in [0.717, 1.165) is 39.3 Å². The molecule has 2 aliphatic heterocycles. The standard InChI is InChI=1S/C22H33FN4O2/c1-16-11-17(2)14-27(13-16)22(29)18(3)26-9-7-25(8-10-26)15-21(28)24-20-6-4-5-19(23)12-20/h4-6,12,16-18H,7-11,13-15H2,1-3H3,(H,24,28)/p+2/t16-,17-,18+/m0/s1. The summed E-state index contributed by atoms with van der Waals surface area (Å²) in [5, 5.41) is 2.77. The highest BCUT2D eigenvalue weighted by molar-refractivity contribution is 5.91. The number of likely N-dealkylation sites (tertiary alicyclic amines) is 1. The average Bonchev–Trinajstić information content (AvgIpc) is 2.66. The van der Waals surface area contributed by atoms with Crippen molar-refractivity contribution in [1.82, 2.24) is 4.90 Å². The second-order valence-electron chi connectivity index (χ2n) is 9.05. The summed E-state index contributed by atoms with van der Waals surface area (Å²) in [5.74, 6) is 0.953. The summed E-state index contributed by atoms with van der Waals surface area (Å²) in [7, 11) is 0. The summed E-state index contributed by atoms with van der Waals surface area (Å²) in [6.07, 6.45) is 1.20. The van der Waals surface area contributed by atoms with Crippen molar-refractivity contribution in [3.63, 3.8) is 0 Å². The van der Waals surface area contributed by atoms with Crippen LogP contribution in [0.5, 0.6) is 0 Å². The van der Waals surface area contributed by atoms with Crippen LogP contribution in [-0.2, 0) is 9.59 Å². The number of rotatable bonds is 5. The molecule has 0 unspecified atom stereocenters. The highest BCUT2D eigenvalue weighted by Crippen LogP contribution is 2.21. The second kappa shape index (κ2) is 9.67. The van der Waals surface area contributed by atoms with E-state index in [9.17, 15) is 14.0 Å². The predicted molar refractivity (Wildman–Crippen MR) is 110 cm³/mol. The minimum atomic E-state index is -0.358. The molecule has 0 radical (unpaired) electrons. The van der Waals surface area contributed by atoms with Gasteiger partial charge in [-0.25, -0.2) is 4.39 Å². The SMILES string of the molecule is C[C@H]1C[C@H](C)CN(C(=O)[C@@H](C)[NH+]2CC[NH+](CC(=O)Nc3cccc(F)c3)CC2)C1. The van der Waals surface area contributed by atoms with Crippen LogP contribution in [0.25, 0.3) is 0 Å². The van der Waals surface area contributed by atoms with Crippen molar-refractivity contribution in [2.45, 2.75) is 33.2 Å². The lowest BCUT2D eigenvalue weighted by Crippen LogP contribution is -3.30. The Kier molecular flexibility index (Phi) is 7.24. The molecule has 0 saturated carbocycles.